The van der Waals surface area contributed by atoms with Gasteiger partial charge in [0.15, 0.2) is 0 Å². The van der Waals surface area contributed by atoms with Gasteiger partial charge in [-0.1, -0.05) is 6.08 Å². The second-order valence-electron chi connectivity index (χ2n) is 4.30. The van der Waals surface area contributed by atoms with Crippen LogP contribution in [0.3, 0.4) is 0 Å². The molecule has 2 fully saturated rings. The van der Waals surface area contributed by atoms with Crippen LogP contribution in [0.4, 0.5) is 0 Å². The predicted octanol–water partition coefficient (Wildman–Crippen LogP) is 0.266. The van der Waals surface area contributed by atoms with Crippen LogP contribution >= 0.6 is 11.8 Å². The number of carbonyl (C=O) groups is 2. The number of hydrogen-bond donors (Lipinski definition) is 2. The van der Waals surface area contributed by atoms with E-state index in [1.807, 2.05) is 0 Å². The highest BCUT2D eigenvalue weighted by atomic mass is 32.2. The fourth-order valence-electron chi connectivity index (χ4n) is 2.00. The van der Waals surface area contributed by atoms with Gasteiger partial charge in [-0.2, -0.15) is 0 Å². The number of hydrogen-bond acceptors (Lipinski definition) is 4. The summed E-state index contributed by atoms with van der Waals surface area (Å²) >= 11 is 1.58. The van der Waals surface area contributed by atoms with E-state index in [1.54, 1.807) is 17.8 Å². The van der Waals surface area contributed by atoms with Gasteiger partial charge in [-0.3, -0.25) is 4.79 Å². The second-order valence-corrected chi connectivity index (χ2v) is 5.45. The number of carbonyl (C=O) groups excluding carboxylic acids is 1. The third kappa shape index (κ3) is 2.63. The molecule has 1 heterocycles. The van der Waals surface area contributed by atoms with Crippen LogP contribution in [-0.4, -0.2) is 45.6 Å². The molecule has 2 aliphatic rings. The molecule has 0 aromatic heterocycles. The van der Waals surface area contributed by atoms with Crippen LogP contribution in [0.15, 0.2) is 12.2 Å². The van der Waals surface area contributed by atoms with Crippen LogP contribution in [0.5, 0.6) is 0 Å². The molecule has 1 saturated carbocycles. The fraction of sp³-hybridized carbons (Fsp3) is 0.636. The summed E-state index contributed by atoms with van der Waals surface area (Å²) in [4.78, 5) is 24.6. The first-order chi connectivity index (χ1) is 8.15. The van der Waals surface area contributed by atoms with E-state index in [0.717, 1.165) is 12.8 Å². The SMILES string of the molecule is NC/C=C/C(=O)N1C(C(=O)O)CSC1C1CC1. The van der Waals surface area contributed by atoms with Crippen LogP contribution in [-0.2, 0) is 9.59 Å². The van der Waals surface area contributed by atoms with Gasteiger partial charge in [-0.05, 0) is 18.8 Å². The van der Waals surface area contributed by atoms with Crippen molar-refractivity contribution in [2.75, 3.05) is 12.3 Å². The van der Waals surface area contributed by atoms with Gasteiger partial charge in [0.25, 0.3) is 0 Å². The van der Waals surface area contributed by atoms with Gasteiger partial charge in [0.05, 0.1) is 5.37 Å². The average molecular weight is 256 g/mol. The summed E-state index contributed by atoms with van der Waals surface area (Å²) in [6.07, 6.45) is 5.13. The normalized spacial score (nSPS) is 28.9. The van der Waals surface area contributed by atoms with Crippen molar-refractivity contribution >= 4 is 23.6 Å². The van der Waals surface area contributed by atoms with E-state index in [-0.39, 0.29) is 11.3 Å². The fourth-order valence-corrected chi connectivity index (χ4v) is 3.63. The minimum atomic E-state index is -0.921. The molecule has 6 heteroatoms. The summed E-state index contributed by atoms with van der Waals surface area (Å²) in [5, 5.41) is 9.16. The number of rotatable bonds is 4. The van der Waals surface area contributed by atoms with Crippen LogP contribution in [0.2, 0.25) is 0 Å². The zero-order chi connectivity index (χ0) is 12.4. The largest absolute Gasteiger partial charge is 0.480 e. The minimum absolute atomic E-state index is 0.0334. The molecule has 0 spiro atoms. The van der Waals surface area contributed by atoms with Crippen molar-refractivity contribution in [1.29, 1.82) is 0 Å². The zero-order valence-electron chi connectivity index (χ0n) is 9.41. The molecule has 0 aromatic rings. The molecule has 1 amide bonds. The van der Waals surface area contributed by atoms with Crippen LogP contribution in [0, 0.1) is 5.92 Å². The number of carboxylic acids is 1. The van der Waals surface area contributed by atoms with E-state index in [2.05, 4.69) is 0 Å². The Morgan fingerprint density at radius 3 is 2.71 bits per heavy atom. The summed E-state index contributed by atoms with van der Waals surface area (Å²) in [5.41, 5.74) is 5.30. The van der Waals surface area contributed by atoms with Gasteiger partial charge in [0, 0.05) is 18.4 Å². The highest BCUT2D eigenvalue weighted by Crippen LogP contribution is 2.45. The summed E-state index contributed by atoms with van der Waals surface area (Å²) in [6, 6.07) is -0.694. The summed E-state index contributed by atoms with van der Waals surface area (Å²) in [5.74, 6) is -0.196. The van der Waals surface area contributed by atoms with Gasteiger partial charge in [-0.25, -0.2) is 4.79 Å². The molecule has 94 valence electrons. The first kappa shape index (κ1) is 12.4. The van der Waals surface area contributed by atoms with Crippen LogP contribution < -0.4 is 5.73 Å². The van der Waals surface area contributed by atoms with Crippen molar-refractivity contribution in [3.8, 4) is 0 Å². The zero-order valence-corrected chi connectivity index (χ0v) is 10.2. The number of carboxylic acid groups (broad SMARTS) is 1. The Bertz CT molecular complexity index is 355. The number of aliphatic carboxylic acids is 1. The Labute approximate surface area is 104 Å². The molecule has 0 radical (unpaired) electrons. The lowest BCUT2D eigenvalue weighted by molar-refractivity contribution is -0.147. The van der Waals surface area contributed by atoms with Crippen LogP contribution in [0.1, 0.15) is 12.8 Å². The quantitative estimate of drug-likeness (QED) is 0.705. The van der Waals surface area contributed by atoms with E-state index < -0.39 is 12.0 Å². The molecule has 1 aliphatic heterocycles. The average Bonchev–Trinajstić information content (AvgIpc) is 3.04. The highest BCUT2D eigenvalue weighted by Gasteiger charge is 2.47. The van der Waals surface area contributed by atoms with E-state index in [4.69, 9.17) is 10.8 Å². The Hall–Kier alpha value is -1.01. The monoisotopic (exact) mass is 256 g/mol. The van der Waals surface area contributed by atoms with Gasteiger partial charge < -0.3 is 15.7 Å². The molecule has 2 unspecified atom stereocenters. The third-order valence-electron chi connectivity index (χ3n) is 3.00. The topological polar surface area (TPSA) is 83.6 Å². The lowest BCUT2D eigenvalue weighted by Gasteiger charge is -2.26. The maximum atomic E-state index is 12.0. The van der Waals surface area contributed by atoms with Gasteiger partial charge in [-0.15, -0.1) is 11.8 Å². The number of nitrogens with two attached hydrogens (primary N) is 1. The first-order valence-corrected chi connectivity index (χ1v) is 6.73. The van der Waals surface area contributed by atoms with Crippen molar-refractivity contribution in [1.82, 2.24) is 4.90 Å². The Morgan fingerprint density at radius 2 is 2.18 bits per heavy atom. The van der Waals surface area contributed by atoms with Crippen molar-refractivity contribution in [2.24, 2.45) is 11.7 Å². The summed E-state index contributed by atoms with van der Waals surface area (Å²) in [6.45, 7) is 0.290. The van der Waals surface area contributed by atoms with Crippen molar-refractivity contribution in [2.45, 2.75) is 24.3 Å². The molecular weight excluding hydrogens is 240 g/mol. The van der Waals surface area contributed by atoms with E-state index >= 15 is 0 Å². The Balaban J connectivity index is 2.13. The third-order valence-corrected chi connectivity index (χ3v) is 4.46. The second kappa shape index (κ2) is 5.10. The molecular formula is C11H16N2O3S. The number of thioether (sulfide) groups is 1. The Kier molecular flexibility index (Phi) is 3.73. The number of nitrogens with zero attached hydrogens (tertiary/aromatic N) is 1. The van der Waals surface area contributed by atoms with Crippen LogP contribution in [0.25, 0.3) is 0 Å². The minimum Gasteiger partial charge on any atom is -0.480 e. The highest BCUT2D eigenvalue weighted by molar-refractivity contribution is 8.00. The molecule has 2 rings (SSSR count). The molecule has 2 atom stereocenters. The van der Waals surface area contributed by atoms with E-state index in [0.29, 0.717) is 18.2 Å². The van der Waals surface area contributed by atoms with E-state index in [9.17, 15) is 9.59 Å². The number of amides is 1. The van der Waals surface area contributed by atoms with Crippen molar-refractivity contribution < 1.29 is 14.7 Å². The molecule has 3 N–H and O–H groups in total. The van der Waals surface area contributed by atoms with Gasteiger partial charge >= 0.3 is 5.97 Å². The standard InChI is InChI=1S/C11H16N2O3S/c12-5-1-2-9(14)13-8(11(15)16)6-17-10(13)7-3-4-7/h1-2,7-8,10H,3-6,12H2,(H,15,16)/b2-1+. The Morgan fingerprint density at radius 1 is 1.47 bits per heavy atom. The smallest absolute Gasteiger partial charge is 0.327 e. The molecule has 17 heavy (non-hydrogen) atoms. The molecule has 5 nitrogen and oxygen atoms in total. The molecule has 0 bridgehead atoms. The van der Waals surface area contributed by atoms with Gasteiger partial charge in [0.1, 0.15) is 6.04 Å². The molecule has 1 aliphatic carbocycles. The van der Waals surface area contributed by atoms with Gasteiger partial charge in [0.2, 0.25) is 5.91 Å². The first-order valence-electron chi connectivity index (χ1n) is 5.68. The predicted molar refractivity (Wildman–Crippen MR) is 65.4 cm³/mol. The summed E-state index contributed by atoms with van der Waals surface area (Å²) < 4.78 is 0. The summed E-state index contributed by atoms with van der Waals surface area (Å²) in [7, 11) is 0. The van der Waals surface area contributed by atoms with E-state index in [1.165, 1.54) is 11.0 Å². The lowest BCUT2D eigenvalue weighted by Crippen LogP contribution is -2.45. The molecule has 0 aromatic carbocycles. The molecule has 1 saturated heterocycles. The maximum absolute atomic E-state index is 12.0. The van der Waals surface area contributed by atoms with Crippen molar-refractivity contribution in [3.63, 3.8) is 0 Å². The maximum Gasteiger partial charge on any atom is 0.327 e. The lowest BCUT2D eigenvalue weighted by atomic mass is 10.2. The van der Waals surface area contributed by atoms with Crippen molar-refractivity contribution in [3.05, 3.63) is 12.2 Å².